The molecule has 1 aromatic heterocycles. The van der Waals surface area contributed by atoms with Gasteiger partial charge in [-0.25, -0.2) is 9.78 Å². The lowest BCUT2D eigenvalue weighted by Gasteiger charge is -2.30. The first kappa shape index (κ1) is 18.1. The van der Waals surface area contributed by atoms with E-state index in [1.165, 1.54) is 0 Å². The Labute approximate surface area is 162 Å². The summed E-state index contributed by atoms with van der Waals surface area (Å²) in [5, 5.41) is 12.9. The first-order valence-electron chi connectivity index (χ1n) is 9.00. The average Bonchev–Trinajstić information content (AvgIpc) is 3.05. The van der Waals surface area contributed by atoms with E-state index in [0.29, 0.717) is 23.8 Å². The number of hydrogen-bond acceptors (Lipinski definition) is 6. The van der Waals surface area contributed by atoms with Gasteiger partial charge in [0.15, 0.2) is 0 Å². The smallest absolute Gasteiger partial charge is 0.338 e. The highest BCUT2D eigenvalue weighted by Gasteiger charge is 2.34. The van der Waals surface area contributed by atoms with Gasteiger partial charge in [0.05, 0.1) is 29.3 Å². The maximum absolute atomic E-state index is 12.9. The number of aromatic hydroxyl groups is 1. The lowest BCUT2D eigenvalue weighted by Crippen LogP contribution is -2.29. The molecule has 1 unspecified atom stereocenters. The van der Waals surface area contributed by atoms with Crippen LogP contribution in [0.5, 0.6) is 5.75 Å². The molecule has 7 heteroatoms. The Balaban J connectivity index is 1.86. The predicted molar refractivity (Wildman–Crippen MR) is 105 cm³/mol. The van der Waals surface area contributed by atoms with Gasteiger partial charge >= 0.3 is 5.97 Å². The van der Waals surface area contributed by atoms with Crippen molar-refractivity contribution in [3.05, 3.63) is 65.4 Å². The number of carbonyl (C=O) groups excluding carboxylic acids is 1. The highest BCUT2D eigenvalue weighted by Crippen LogP contribution is 2.39. The Kier molecular flexibility index (Phi) is 4.75. The molecular weight excluding hydrogens is 358 g/mol. The Morgan fingerprint density at radius 1 is 1.18 bits per heavy atom. The molecule has 0 fully saturated rings. The third kappa shape index (κ3) is 3.10. The van der Waals surface area contributed by atoms with Crippen LogP contribution in [0.3, 0.4) is 0 Å². The summed E-state index contributed by atoms with van der Waals surface area (Å²) in [5.41, 5.74) is 3.76. The van der Waals surface area contributed by atoms with Crippen LogP contribution in [0, 0.1) is 0 Å². The number of aromatic nitrogens is 2. The number of phenolic OH excluding ortho intramolecular Hbond substituents is 1. The van der Waals surface area contributed by atoms with Crippen LogP contribution in [0.4, 0.5) is 5.95 Å². The Bertz CT molecular complexity index is 1050. The number of carbonyl (C=O) groups is 1. The minimum absolute atomic E-state index is 0.165. The normalized spacial score (nSPS) is 16.0. The highest BCUT2D eigenvalue weighted by molar-refractivity contribution is 5.94. The number of hydrogen-bond donors (Lipinski definition) is 2. The topological polar surface area (TPSA) is 85.6 Å². The van der Waals surface area contributed by atoms with Crippen molar-refractivity contribution in [3.63, 3.8) is 0 Å². The summed E-state index contributed by atoms with van der Waals surface area (Å²) >= 11 is 0. The summed E-state index contributed by atoms with van der Waals surface area (Å²) in [4.78, 5) is 17.6. The standard InChI is InChI=1S/C21H21N3O4/c1-13-18(20(26)28-12-11-27-2)19(14-7-9-15(25)10-8-14)24-17-6-4-3-5-16(17)23-21(24)22-13/h3-10,19,25H,11-12H2,1-2H3,(H,22,23). The van der Waals surface area contributed by atoms with Crippen molar-refractivity contribution in [2.75, 3.05) is 25.6 Å². The van der Waals surface area contributed by atoms with Gasteiger partial charge in [-0.15, -0.1) is 0 Å². The number of allylic oxidation sites excluding steroid dienone is 1. The molecule has 0 saturated carbocycles. The van der Waals surface area contributed by atoms with Crippen LogP contribution in [-0.2, 0) is 14.3 Å². The van der Waals surface area contributed by atoms with E-state index in [1.807, 2.05) is 35.8 Å². The van der Waals surface area contributed by atoms with Gasteiger partial charge in [-0.05, 0) is 36.8 Å². The van der Waals surface area contributed by atoms with Gasteiger partial charge in [-0.1, -0.05) is 24.3 Å². The van der Waals surface area contributed by atoms with Crippen LogP contribution in [0.2, 0.25) is 0 Å². The Hall–Kier alpha value is -3.32. The zero-order valence-corrected chi connectivity index (χ0v) is 15.7. The molecule has 2 heterocycles. The molecule has 28 heavy (non-hydrogen) atoms. The van der Waals surface area contributed by atoms with E-state index in [-0.39, 0.29) is 12.4 Å². The molecule has 4 rings (SSSR count). The van der Waals surface area contributed by atoms with E-state index in [4.69, 9.17) is 9.47 Å². The van der Waals surface area contributed by atoms with Gasteiger partial charge < -0.3 is 19.9 Å². The summed E-state index contributed by atoms with van der Waals surface area (Å²) in [5.74, 6) is 0.409. The number of methoxy groups -OCH3 is 1. The van der Waals surface area contributed by atoms with Crippen molar-refractivity contribution in [1.29, 1.82) is 0 Å². The molecule has 1 aliphatic rings. The quantitative estimate of drug-likeness (QED) is 0.523. The van der Waals surface area contributed by atoms with Gasteiger partial charge in [0, 0.05) is 12.8 Å². The summed E-state index contributed by atoms with van der Waals surface area (Å²) in [6, 6.07) is 14.2. The van der Waals surface area contributed by atoms with E-state index in [2.05, 4.69) is 10.3 Å². The molecule has 0 spiro atoms. The highest BCUT2D eigenvalue weighted by atomic mass is 16.6. The molecule has 7 nitrogen and oxygen atoms in total. The number of phenols is 1. The molecule has 0 amide bonds. The maximum atomic E-state index is 12.9. The predicted octanol–water partition coefficient (Wildman–Crippen LogP) is 3.22. The van der Waals surface area contributed by atoms with Gasteiger partial charge in [0.2, 0.25) is 5.95 Å². The second kappa shape index (κ2) is 7.36. The van der Waals surface area contributed by atoms with Gasteiger partial charge in [-0.3, -0.25) is 4.57 Å². The Morgan fingerprint density at radius 2 is 1.93 bits per heavy atom. The number of rotatable bonds is 5. The van der Waals surface area contributed by atoms with Gasteiger partial charge in [-0.2, -0.15) is 0 Å². The zero-order chi connectivity index (χ0) is 19.7. The largest absolute Gasteiger partial charge is 0.508 e. The van der Waals surface area contributed by atoms with Crippen LogP contribution in [0.15, 0.2) is 59.8 Å². The van der Waals surface area contributed by atoms with Crippen molar-refractivity contribution < 1.29 is 19.4 Å². The minimum atomic E-state index is -0.431. The van der Waals surface area contributed by atoms with E-state index < -0.39 is 12.0 Å². The average molecular weight is 379 g/mol. The third-order valence-corrected chi connectivity index (χ3v) is 4.78. The van der Waals surface area contributed by atoms with Crippen LogP contribution in [0.25, 0.3) is 11.0 Å². The van der Waals surface area contributed by atoms with Crippen LogP contribution in [-0.4, -0.2) is 41.0 Å². The van der Waals surface area contributed by atoms with Gasteiger partial charge in [0.1, 0.15) is 12.4 Å². The van der Waals surface area contributed by atoms with Crippen LogP contribution >= 0.6 is 0 Å². The second-order valence-electron chi connectivity index (χ2n) is 6.58. The third-order valence-electron chi connectivity index (χ3n) is 4.78. The number of nitrogens with one attached hydrogen (secondary N) is 1. The lowest BCUT2D eigenvalue weighted by atomic mass is 9.95. The number of ether oxygens (including phenoxy) is 2. The molecule has 0 bridgehead atoms. The monoisotopic (exact) mass is 379 g/mol. The summed E-state index contributed by atoms with van der Waals surface area (Å²) in [6.07, 6.45) is 0. The SMILES string of the molecule is COCCOC(=O)C1=C(C)Nc2nc3ccccc3n2C1c1ccc(O)cc1. The number of imidazole rings is 1. The number of anilines is 1. The first-order chi connectivity index (χ1) is 13.6. The van der Waals surface area contributed by atoms with Crippen molar-refractivity contribution in [2.24, 2.45) is 0 Å². The molecule has 0 aliphatic carbocycles. The zero-order valence-electron chi connectivity index (χ0n) is 15.7. The van der Waals surface area contributed by atoms with E-state index in [0.717, 1.165) is 16.6 Å². The molecule has 2 N–H and O–H groups in total. The van der Waals surface area contributed by atoms with E-state index in [9.17, 15) is 9.90 Å². The molecule has 0 saturated heterocycles. The minimum Gasteiger partial charge on any atom is -0.508 e. The first-order valence-corrected chi connectivity index (χ1v) is 9.00. The van der Waals surface area contributed by atoms with E-state index >= 15 is 0 Å². The lowest BCUT2D eigenvalue weighted by molar-refractivity contribution is -0.140. The second-order valence-corrected chi connectivity index (χ2v) is 6.58. The number of esters is 1. The molecular formula is C21H21N3O4. The van der Waals surface area contributed by atoms with Crippen molar-refractivity contribution >= 4 is 23.0 Å². The molecule has 3 aromatic rings. The fourth-order valence-corrected chi connectivity index (χ4v) is 3.50. The van der Waals surface area contributed by atoms with Crippen molar-refractivity contribution in [3.8, 4) is 5.75 Å². The molecule has 0 radical (unpaired) electrons. The molecule has 1 atom stereocenters. The van der Waals surface area contributed by atoms with E-state index in [1.54, 1.807) is 31.4 Å². The molecule has 1 aliphatic heterocycles. The summed E-state index contributed by atoms with van der Waals surface area (Å²) in [6.45, 7) is 2.34. The molecule has 2 aromatic carbocycles. The summed E-state index contributed by atoms with van der Waals surface area (Å²) in [7, 11) is 1.56. The molecule has 144 valence electrons. The van der Waals surface area contributed by atoms with Crippen LogP contribution in [0.1, 0.15) is 18.5 Å². The fraction of sp³-hybridized carbons (Fsp3) is 0.238. The van der Waals surface area contributed by atoms with Crippen molar-refractivity contribution in [2.45, 2.75) is 13.0 Å². The number of fused-ring (bicyclic) bond motifs is 3. The number of benzene rings is 2. The van der Waals surface area contributed by atoms with Crippen LogP contribution < -0.4 is 5.32 Å². The number of para-hydroxylation sites is 2. The maximum Gasteiger partial charge on any atom is 0.338 e. The fourth-order valence-electron chi connectivity index (χ4n) is 3.50. The van der Waals surface area contributed by atoms with Gasteiger partial charge in [0.25, 0.3) is 0 Å². The van der Waals surface area contributed by atoms with Crippen molar-refractivity contribution in [1.82, 2.24) is 9.55 Å². The Morgan fingerprint density at radius 3 is 2.68 bits per heavy atom. The summed E-state index contributed by atoms with van der Waals surface area (Å²) < 4.78 is 12.4. The number of nitrogens with zero attached hydrogens (tertiary/aromatic N) is 2.